The fourth-order valence-corrected chi connectivity index (χ4v) is 2.58. The number of nitrogens with one attached hydrogen (secondary N) is 1. The van der Waals surface area contributed by atoms with Crippen molar-refractivity contribution in [3.8, 4) is 0 Å². The van der Waals surface area contributed by atoms with E-state index in [1.807, 2.05) is 10.9 Å². The van der Waals surface area contributed by atoms with E-state index in [2.05, 4.69) is 22.6 Å². The maximum Gasteiger partial charge on any atom is 0.0692 e. The molecule has 4 heteroatoms. The zero-order valence-corrected chi connectivity index (χ0v) is 13.9. The van der Waals surface area contributed by atoms with E-state index in [1.54, 1.807) is 6.20 Å². The smallest absolute Gasteiger partial charge is 0.0692 e. The van der Waals surface area contributed by atoms with E-state index in [1.165, 1.54) is 64.2 Å². The molecular weight excluding hydrogens is 260 g/mol. The van der Waals surface area contributed by atoms with Gasteiger partial charge in [-0.2, -0.15) is 0 Å². The molecule has 0 saturated heterocycles. The molecule has 0 saturated carbocycles. The second-order valence-electron chi connectivity index (χ2n) is 5.95. The molecule has 0 atom stereocenters. The van der Waals surface area contributed by atoms with E-state index in [4.69, 9.17) is 0 Å². The lowest BCUT2D eigenvalue weighted by Crippen LogP contribution is -2.18. The molecule has 1 aromatic rings. The molecule has 122 valence electrons. The molecule has 0 unspecified atom stereocenters. The van der Waals surface area contributed by atoms with Gasteiger partial charge in [0.25, 0.3) is 0 Å². The fourth-order valence-electron chi connectivity index (χ4n) is 2.58. The molecular formula is C17H34N4. The van der Waals surface area contributed by atoms with Gasteiger partial charge in [0.15, 0.2) is 0 Å². The molecule has 1 heterocycles. The Kier molecular flexibility index (Phi) is 12.1. The summed E-state index contributed by atoms with van der Waals surface area (Å²) in [5.74, 6) is 0. The fraction of sp³-hybridized carbons (Fsp3) is 0.882. The molecule has 0 fully saturated rings. The number of hydrogen-bond donors (Lipinski definition) is 1. The third-order valence-electron chi connectivity index (χ3n) is 3.92. The van der Waals surface area contributed by atoms with Crippen LogP contribution in [-0.4, -0.2) is 28.1 Å². The highest BCUT2D eigenvalue weighted by molar-refractivity contribution is 4.63. The van der Waals surface area contributed by atoms with Crippen molar-refractivity contribution in [3.63, 3.8) is 0 Å². The first-order valence-electron chi connectivity index (χ1n) is 8.98. The lowest BCUT2D eigenvalue weighted by atomic mass is 10.1. The quantitative estimate of drug-likeness (QED) is 0.493. The lowest BCUT2D eigenvalue weighted by Gasteiger charge is -2.05. The van der Waals surface area contributed by atoms with Crippen LogP contribution in [0.5, 0.6) is 0 Å². The van der Waals surface area contributed by atoms with E-state index >= 15 is 0 Å². The van der Waals surface area contributed by atoms with Crippen LogP contribution in [0.4, 0.5) is 0 Å². The third kappa shape index (κ3) is 11.4. The van der Waals surface area contributed by atoms with Crippen LogP contribution in [0.25, 0.3) is 0 Å². The van der Waals surface area contributed by atoms with Gasteiger partial charge in [-0.25, -0.2) is 0 Å². The normalized spacial score (nSPS) is 11.1. The summed E-state index contributed by atoms with van der Waals surface area (Å²) in [6.07, 6.45) is 18.9. The average Bonchev–Trinajstić information content (AvgIpc) is 3.01. The third-order valence-corrected chi connectivity index (χ3v) is 3.92. The van der Waals surface area contributed by atoms with E-state index in [-0.39, 0.29) is 0 Å². The summed E-state index contributed by atoms with van der Waals surface area (Å²) in [7, 11) is 0. The minimum absolute atomic E-state index is 0.963. The monoisotopic (exact) mass is 294 g/mol. The van der Waals surface area contributed by atoms with Crippen LogP contribution in [-0.2, 0) is 6.54 Å². The standard InChI is InChI=1S/C17H34N4/c1-2-3-4-5-6-7-8-9-10-11-13-18-14-12-16-21-17-15-19-20-21/h15,17-18H,2-14,16H2,1H3. The Morgan fingerprint density at radius 3 is 2.05 bits per heavy atom. The van der Waals surface area contributed by atoms with Gasteiger partial charge in [-0.05, 0) is 25.9 Å². The molecule has 0 spiro atoms. The zero-order valence-electron chi connectivity index (χ0n) is 13.9. The van der Waals surface area contributed by atoms with Gasteiger partial charge in [0, 0.05) is 12.7 Å². The first kappa shape index (κ1) is 18.1. The Morgan fingerprint density at radius 2 is 1.43 bits per heavy atom. The molecule has 21 heavy (non-hydrogen) atoms. The van der Waals surface area contributed by atoms with Crippen LogP contribution in [0.3, 0.4) is 0 Å². The summed E-state index contributed by atoms with van der Waals surface area (Å²) in [4.78, 5) is 0. The van der Waals surface area contributed by atoms with Crippen molar-refractivity contribution < 1.29 is 0 Å². The predicted octanol–water partition coefficient (Wildman–Crippen LogP) is 4.18. The number of nitrogens with zero attached hydrogens (tertiary/aromatic N) is 3. The Hall–Kier alpha value is -0.900. The van der Waals surface area contributed by atoms with Crippen LogP contribution in [0.1, 0.15) is 77.6 Å². The minimum atomic E-state index is 0.963. The number of unbranched alkanes of at least 4 members (excludes halogenated alkanes) is 9. The summed E-state index contributed by atoms with van der Waals surface area (Å²) in [6.45, 7) is 5.48. The minimum Gasteiger partial charge on any atom is -0.317 e. The van der Waals surface area contributed by atoms with Crippen molar-refractivity contribution in [2.24, 2.45) is 0 Å². The maximum absolute atomic E-state index is 3.95. The molecule has 4 nitrogen and oxygen atoms in total. The highest BCUT2D eigenvalue weighted by Crippen LogP contribution is 2.10. The van der Waals surface area contributed by atoms with Crippen molar-refractivity contribution in [3.05, 3.63) is 12.4 Å². The largest absolute Gasteiger partial charge is 0.317 e. The number of aryl methyl sites for hydroxylation is 1. The molecule has 1 aromatic heterocycles. The topological polar surface area (TPSA) is 42.7 Å². The summed E-state index contributed by atoms with van der Waals surface area (Å²) < 4.78 is 1.89. The molecule has 0 aliphatic carbocycles. The second kappa shape index (κ2) is 14.1. The van der Waals surface area contributed by atoms with Gasteiger partial charge in [0.2, 0.25) is 0 Å². The van der Waals surface area contributed by atoms with Crippen molar-refractivity contribution in [2.75, 3.05) is 13.1 Å². The van der Waals surface area contributed by atoms with Gasteiger partial charge in [0.1, 0.15) is 0 Å². The van der Waals surface area contributed by atoms with Gasteiger partial charge in [-0.3, -0.25) is 4.68 Å². The summed E-state index contributed by atoms with van der Waals surface area (Å²) >= 11 is 0. The molecule has 1 rings (SSSR count). The van der Waals surface area contributed by atoms with Crippen molar-refractivity contribution >= 4 is 0 Å². The van der Waals surface area contributed by atoms with Gasteiger partial charge in [0.05, 0.1) is 6.20 Å². The Balaban J connectivity index is 1.69. The molecule has 0 aliphatic rings. The van der Waals surface area contributed by atoms with Gasteiger partial charge in [-0.1, -0.05) is 69.9 Å². The highest BCUT2D eigenvalue weighted by Gasteiger charge is 1.94. The van der Waals surface area contributed by atoms with Crippen molar-refractivity contribution in [2.45, 2.75) is 84.1 Å². The number of aromatic nitrogens is 3. The van der Waals surface area contributed by atoms with E-state index in [0.717, 1.165) is 26.1 Å². The van der Waals surface area contributed by atoms with Crippen LogP contribution < -0.4 is 5.32 Å². The number of hydrogen-bond acceptors (Lipinski definition) is 3. The van der Waals surface area contributed by atoms with Crippen LogP contribution >= 0.6 is 0 Å². The molecule has 0 bridgehead atoms. The van der Waals surface area contributed by atoms with Gasteiger partial charge in [-0.15, -0.1) is 5.10 Å². The SMILES string of the molecule is CCCCCCCCCCCCNCCCn1ccnn1. The maximum atomic E-state index is 3.95. The van der Waals surface area contributed by atoms with Crippen molar-refractivity contribution in [1.82, 2.24) is 20.3 Å². The van der Waals surface area contributed by atoms with E-state index < -0.39 is 0 Å². The highest BCUT2D eigenvalue weighted by atomic mass is 15.4. The van der Waals surface area contributed by atoms with Crippen LogP contribution in [0.2, 0.25) is 0 Å². The summed E-state index contributed by atoms with van der Waals surface area (Å²) in [6, 6.07) is 0. The Labute approximate surface area is 130 Å². The Bertz CT molecular complexity index is 298. The molecule has 0 radical (unpaired) electrons. The lowest BCUT2D eigenvalue weighted by molar-refractivity contribution is 0.513. The van der Waals surface area contributed by atoms with Crippen LogP contribution in [0, 0.1) is 0 Å². The van der Waals surface area contributed by atoms with Gasteiger partial charge >= 0.3 is 0 Å². The first-order chi connectivity index (χ1) is 10.4. The number of rotatable bonds is 15. The van der Waals surface area contributed by atoms with E-state index in [9.17, 15) is 0 Å². The summed E-state index contributed by atoms with van der Waals surface area (Å²) in [5, 5.41) is 11.3. The predicted molar refractivity (Wildman–Crippen MR) is 89.4 cm³/mol. The van der Waals surface area contributed by atoms with Gasteiger partial charge < -0.3 is 5.32 Å². The molecule has 0 amide bonds. The van der Waals surface area contributed by atoms with E-state index in [0.29, 0.717) is 0 Å². The average molecular weight is 294 g/mol. The second-order valence-corrected chi connectivity index (χ2v) is 5.95. The molecule has 0 aromatic carbocycles. The molecule has 0 aliphatic heterocycles. The first-order valence-corrected chi connectivity index (χ1v) is 8.98. The van der Waals surface area contributed by atoms with Crippen molar-refractivity contribution in [1.29, 1.82) is 0 Å². The van der Waals surface area contributed by atoms with Crippen LogP contribution in [0.15, 0.2) is 12.4 Å². The zero-order chi connectivity index (χ0) is 15.0. The molecule has 1 N–H and O–H groups in total. The summed E-state index contributed by atoms with van der Waals surface area (Å²) in [5.41, 5.74) is 0. The Morgan fingerprint density at radius 1 is 0.810 bits per heavy atom.